The molecule has 2 N–H and O–H groups in total. The Balaban J connectivity index is 1.38. The summed E-state index contributed by atoms with van der Waals surface area (Å²) in [5.41, 5.74) is 8.47. The number of benzene rings is 2. The Hall–Kier alpha value is -2.22. The van der Waals surface area contributed by atoms with Crippen molar-refractivity contribution in [1.82, 2.24) is 9.88 Å². The normalized spacial score (nSPS) is 16.5. The third-order valence-corrected chi connectivity index (χ3v) is 6.17. The second-order valence-electron chi connectivity index (χ2n) is 7.65. The number of nitrogens with two attached hydrogens (primary N) is 1. The average molecular weight is 415 g/mol. The first-order valence-electron chi connectivity index (χ1n) is 10.0. The molecular weight excluding hydrogens is 387 g/mol. The Morgan fingerprint density at radius 3 is 2.66 bits per heavy atom. The minimum absolute atomic E-state index is 0.0929. The fourth-order valence-corrected chi connectivity index (χ4v) is 4.75. The van der Waals surface area contributed by atoms with Gasteiger partial charge in [-0.1, -0.05) is 12.1 Å². The van der Waals surface area contributed by atoms with E-state index in [1.165, 1.54) is 23.5 Å². The van der Waals surface area contributed by atoms with Gasteiger partial charge in [0, 0.05) is 32.6 Å². The van der Waals surface area contributed by atoms with Crippen molar-refractivity contribution in [3.63, 3.8) is 0 Å². The van der Waals surface area contributed by atoms with Crippen LogP contribution < -0.4 is 15.4 Å². The van der Waals surface area contributed by atoms with Crippen LogP contribution in [0.4, 0.5) is 10.1 Å². The van der Waals surface area contributed by atoms with Crippen molar-refractivity contribution in [1.29, 1.82) is 0 Å². The number of halogens is 1. The first-order valence-corrected chi connectivity index (χ1v) is 10.9. The molecule has 1 unspecified atom stereocenters. The Morgan fingerprint density at radius 1 is 1.14 bits per heavy atom. The molecule has 3 aromatic rings. The molecule has 0 saturated carbocycles. The number of ether oxygens (including phenoxy) is 1. The number of thiazole rings is 1. The summed E-state index contributed by atoms with van der Waals surface area (Å²) in [5.74, 6) is 0.705. The van der Waals surface area contributed by atoms with E-state index < -0.39 is 0 Å². The lowest BCUT2D eigenvalue weighted by molar-refractivity contribution is 0.186. The molecule has 1 aliphatic heterocycles. The molecule has 29 heavy (non-hydrogen) atoms. The van der Waals surface area contributed by atoms with E-state index in [9.17, 15) is 4.39 Å². The van der Waals surface area contributed by atoms with Crippen molar-refractivity contribution >= 4 is 27.2 Å². The van der Waals surface area contributed by atoms with Crippen LogP contribution in [0.5, 0.6) is 5.75 Å². The number of hydrogen-bond donors (Lipinski definition) is 1. The van der Waals surface area contributed by atoms with E-state index in [2.05, 4.69) is 26.9 Å². The third-order valence-electron chi connectivity index (χ3n) is 5.13. The zero-order valence-electron chi connectivity index (χ0n) is 16.8. The number of aromatic nitrogens is 1. The van der Waals surface area contributed by atoms with E-state index in [-0.39, 0.29) is 18.1 Å². The first kappa shape index (κ1) is 20.1. The summed E-state index contributed by atoms with van der Waals surface area (Å²) in [6, 6.07) is 12.9. The lowest BCUT2D eigenvalue weighted by Crippen LogP contribution is -2.54. The number of anilines is 1. The molecule has 2 heterocycles. The Kier molecular flexibility index (Phi) is 5.99. The largest absolute Gasteiger partial charge is 0.489 e. The monoisotopic (exact) mass is 414 g/mol. The summed E-state index contributed by atoms with van der Waals surface area (Å²) in [4.78, 5) is 9.27. The van der Waals surface area contributed by atoms with Crippen molar-refractivity contribution in [2.45, 2.75) is 32.5 Å². The molecule has 1 aromatic heterocycles. The molecule has 2 aromatic carbocycles. The molecule has 0 amide bonds. The summed E-state index contributed by atoms with van der Waals surface area (Å²) in [7, 11) is 0. The molecule has 0 radical (unpaired) electrons. The van der Waals surface area contributed by atoms with Gasteiger partial charge in [0.2, 0.25) is 0 Å². The van der Waals surface area contributed by atoms with Crippen LogP contribution >= 0.6 is 11.3 Å². The lowest BCUT2D eigenvalue weighted by atomic mass is 10.2. The van der Waals surface area contributed by atoms with Gasteiger partial charge >= 0.3 is 0 Å². The van der Waals surface area contributed by atoms with Crippen molar-refractivity contribution in [2.75, 3.05) is 31.1 Å². The highest BCUT2D eigenvalue weighted by molar-refractivity contribution is 7.18. The van der Waals surface area contributed by atoms with E-state index >= 15 is 0 Å². The van der Waals surface area contributed by atoms with Gasteiger partial charge in [-0.3, -0.25) is 4.90 Å². The number of rotatable bonds is 6. The molecule has 1 fully saturated rings. The maximum Gasteiger partial charge on any atom is 0.142 e. The van der Waals surface area contributed by atoms with Gasteiger partial charge in [0.25, 0.3) is 0 Å². The first-order chi connectivity index (χ1) is 14.0. The van der Waals surface area contributed by atoms with Crippen LogP contribution in [0.3, 0.4) is 0 Å². The molecule has 0 bridgehead atoms. The summed E-state index contributed by atoms with van der Waals surface area (Å²) >= 11 is 1.52. The highest BCUT2D eigenvalue weighted by Gasteiger charge is 2.24. The molecule has 154 valence electrons. The van der Waals surface area contributed by atoms with Gasteiger partial charge in [-0.2, -0.15) is 0 Å². The van der Waals surface area contributed by atoms with Gasteiger partial charge in [0.05, 0.1) is 33.2 Å². The number of piperazine rings is 1. The fraction of sp³-hybridized carbons (Fsp3) is 0.409. The molecule has 5 nitrogen and oxygen atoms in total. The zero-order chi connectivity index (χ0) is 20.4. The molecule has 0 aliphatic carbocycles. The number of para-hydroxylation sites is 2. The summed E-state index contributed by atoms with van der Waals surface area (Å²) in [5, 5.41) is 0.955. The quantitative estimate of drug-likeness (QED) is 0.664. The minimum atomic E-state index is -0.227. The molecule has 1 atom stereocenters. The average Bonchev–Trinajstić information content (AvgIpc) is 3.09. The Morgan fingerprint density at radius 2 is 1.90 bits per heavy atom. The minimum Gasteiger partial charge on any atom is -0.489 e. The molecular formula is C22H27FN4OS. The van der Waals surface area contributed by atoms with E-state index in [1.54, 1.807) is 6.07 Å². The standard InChI is InChI=1S/C22H27FN4OS/c1-15(2)28-19-6-4-3-5-18(19)26-9-11-27(12-10-26)21(24)14-22-25-17-8-7-16(23)13-20(17)29-22/h3-8,13,15,21H,9-12,14,24H2,1-2H3. The van der Waals surface area contributed by atoms with Crippen molar-refractivity contribution < 1.29 is 9.13 Å². The molecule has 4 rings (SSSR count). The molecule has 1 saturated heterocycles. The second kappa shape index (κ2) is 8.65. The van der Waals surface area contributed by atoms with Crippen LogP contribution in [0.2, 0.25) is 0 Å². The van der Waals surface area contributed by atoms with E-state index in [0.29, 0.717) is 6.42 Å². The Labute approximate surface area is 174 Å². The summed E-state index contributed by atoms with van der Waals surface area (Å²) in [6.07, 6.45) is 0.728. The zero-order valence-corrected chi connectivity index (χ0v) is 17.7. The predicted octanol–water partition coefficient (Wildman–Crippen LogP) is 3.87. The van der Waals surface area contributed by atoms with Gasteiger partial charge < -0.3 is 15.4 Å². The summed E-state index contributed by atoms with van der Waals surface area (Å²) < 4.78 is 20.3. The highest BCUT2D eigenvalue weighted by Crippen LogP contribution is 2.30. The molecule has 0 spiro atoms. The highest BCUT2D eigenvalue weighted by atomic mass is 32.1. The van der Waals surface area contributed by atoms with Crippen molar-refractivity contribution in [2.24, 2.45) is 5.73 Å². The Bertz CT molecular complexity index is 968. The topological polar surface area (TPSA) is 54.6 Å². The number of hydrogen-bond acceptors (Lipinski definition) is 6. The number of nitrogens with zero attached hydrogens (tertiary/aromatic N) is 3. The van der Waals surface area contributed by atoms with Crippen LogP contribution in [0.1, 0.15) is 18.9 Å². The van der Waals surface area contributed by atoms with Gasteiger partial charge in [0.1, 0.15) is 11.6 Å². The fourth-order valence-electron chi connectivity index (χ4n) is 3.71. The second-order valence-corrected chi connectivity index (χ2v) is 8.76. The SMILES string of the molecule is CC(C)Oc1ccccc1N1CCN(C(N)Cc2nc3ccc(F)cc3s2)CC1. The summed E-state index contributed by atoms with van der Waals surface area (Å²) in [6.45, 7) is 7.66. The van der Waals surface area contributed by atoms with Crippen molar-refractivity contribution in [3.05, 3.63) is 53.3 Å². The maximum atomic E-state index is 13.4. The molecule has 7 heteroatoms. The third kappa shape index (κ3) is 4.69. The van der Waals surface area contributed by atoms with Crippen LogP contribution in [0.25, 0.3) is 10.2 Å². The van der Waals surface area contributed by atoms with E-state index in [4.69, 9.17) is 10.5 Å². The number of fused-ring (bicyclic) bond motifs is 1. The van der Waals surface area contributed by atoms with Crippen LogP contribution in [0.15, 0.2) is 42.5 Å². The van der Waals surface area contributed by atoms with Gasteiger partial charge in [-0.05, 0) is 44.2 Å². The lowest BCUT2D eigenvalue weighted by Gasteiger charge is -2.39. The van der Waals surface area contributed by atoms with Gasteiger partial charge in [-0.15, -0.1) is 11.3 Å². The predicted molar refractivity (Wildman–Crippen MR) is 117 cm³/mol. The van der Waals surface area contributed by atoms with Crippen LogP contribution in [0, 0.1) is 5.82 Å². The van der Waals surface area contributed by atoms with Crippen LogP contribution in [-0.4, -0.2) is 48.3 Å². The van der Waals surface area contributed by atoms with E-state index in [0.717, 1.165) is 52.8 Å². The molecule has 1 aliphatic rings. The van der Waals surface area contributed by atoms with E-state index in [1.807, 2.05) is 26.0 Å². The maximum absolute atomic E-state index is 13.4. The smallest absolute Gasteiger partial charge is 0.142 e. The van der Waals surface area contributed by atoms with Crippen molar-refractivity contribution in [3.8, 4) is 5.75 Å². The van der Waals surface area contributed by atoms with Gasteiger partial charge in [0.15, 0.2) is 0 Å². The van der Waals surface area contributed by atoms with Crippen LogP contribution in [-0.2, 0) is 6.42 Å². The van der Waals surface area contributed by atoms with Gasteiger partial charge in [-0.25, -0.2) is 9.37 Å².